The van der Waals surface area contributed by atoms with Crippen LogP contribution in [0.15, 0.2) is 42.3 Å². The minimum Gasteiger partial charge on any atom is -0.463 e. The molecule has 0 saturated carbocycles. The van der Waals surface area contributed by atoms with Crippen molar-refractivity contribution in [1.29, 1.82) is 0 Å². The van der Waals surface area contributed by atoms with Gasteiger partial charge in [-0.05, 0) is 92.6 Å². The second-order valence-electron chi connectivity index (χ2n) is 16.3. The van der Waals surface area contributed by atoms with E-state index < -0.39 is 68.7 Å². The third-order valence-electron chi connectivity index (χ3n) is 11.7. The Morgan fingerprint density at radius 2 is 1.68 bits per heavy atom. The number of Topliss-reactive ketones (excluding diaryl/α,β-unsaturated/α-hetero) is 1. The highest BCUT2D eigenvalue weighted by Gasteiger charge is 2.53. The predicted octanol–water partition coefficient (Wildman–Crippen LogP) is 4.12. The van der Waals surface area contributed by atoms with Crippen LogP contribution in [0.4, 0.5) is 0 Å². The lowest BCUT2D eigenvalue weighted by molar-refractivity contribution is -0.295. The number of esters is 2. The molecule has 0 bridgehead atoms. The van der Waals surface area contributed by atoms with Gasteiger partial charge in [-0.25, -0.2) is 13.2 Å². The highest BCUT2D eigenvalue weighted by molar-refractivity contribution is 7.92. The molecule has 1 aromatic rings. The SMILES string of the molecule is C=CS(=O)(=O)N1CCC2(CC1)COC(=O)C(C)(C)C(=O)[C@H](C)[C@@H](O[C@@H]1O[C@H](C)C[C@H](N(C)C)[C@H]1OC(=O)c1ccccc1)[C@](C)(OC)C[C@@H](C)CN2C. The molecular weight excluding hydrogens is 703 g/mol. The van der Waals surface area contributed by atoms with Gasteiger partial charge < -0.3 is 28.6 Å². The van der Waals surface area contributed by atoms with Gasteiger partial charge in [0.15, 0.2) is 18.2 Å². The summed E-state index contributed by atoms with van der Waals surface area (Å²) in [5.41, 5.74) is -2.94. The lowest BCUT2D eigenvalue weighted by atomic mass is 9.74. The number of hydrogen-bond donors (Lipinski definition) is 0. The molecule has 1 spiro atoms. The van der Waals surface area contributed by atoms with E-state index in [0.717, 1.165) is 5.41 Å². The average Bonchev–Trinajstić information content (AvgIpc) is 3.12. The highest BCUT2D eigenvalue weighted by Crippen LogP contribution is 2.40. The molecule has 3 heterocycles. The van der Waals surface area contributed by atoms with Crippen LogP contribution in [0.3, 0.4) is 0 Å². The van der Waals surface area contributed by atoms with Crippen LogP contribution in [-0.4, -0.2) is 137 Å². The largest absolute Gasteiger partial charge is 0.463 e. The molecule has 4 rings (SSSR count). The minimum absolute atomic E-state index is 0.00220. The van der Waals surface area contributed by atoms with Crippen LogP contribution in [0, 0.1) is 17.3 Å². The smallest absolute Gasteiger partial charge is 0.338 e. The molecule has 3 aliphatic heterocycles. The van der Waals surface area contributed by atoms with Crippen LogP contribution in [0.2, 0.25) is 0 Å². The fourth-order valence-corrected chi connectivity index (χ4v) is 9.19. The molecule has 3 aliphatic rings. The lowest BCUT2D eigenvalue weighted by Gasteiger charge is -2.48. The Bertz CT molecular complexity index is 1560. The topological polar surface area (TPSA) is 141 Å². The molecule has 0 aliphatic carbocycles. The lowest BCUT2D eigenvalue weighted by Crippen LogP contribution is -2.60. The van der Waals surface area contributed by atoms with E-state index in [0.29, 0.717) is 37.8 Å². The fraction of sp³-hybridized carbons (Fsp3) is 0.718. The first-order chi connectivity index (χ1) is 24.7. The zero-order valence-corrected chi connectivity index (χ0v) is 34.0. The van der Waals surface area contributed by atoms with E-state index in [9.17, 15) is 22.8 Å². The number of carbonyl (C=O) groups is 3. The zero-order chi connectivity index (χ0) is 39.5. The van der Waals surface area contributed by atoms with Gasteiger partial charge in [-0.15, -0.1) is 0 Å². The van der Waals surface area contributed by atoms with E-state index in [1.54, 1.807) is 52.1 Å². The predicted molar refractivity (Wildman–Crippen MR) is 200 cm³/mol. The van der Waals surface area contributed by atoms with E-state index in [4.69, 9.17) is 23.7 Å². The molecule has 0 radical (unpaired) electrons. The van der Waals surface area contributed by atoms with Gasteiger partial charge in [0.05, 0.1) is 35.0 Å². The third-order valence-corrected chi connectivity index (χ3v) is 13.2. The first-order valence-corrected chi connectivity index (χ1v) is 20.1. The highest BCUT2D eigenvalue weighted by atomic mass is 32.2. The van der Waals surface area contributed by atoms with Crippen molar-refractivity contribution in [3.63, 3.8) is 0 Å². The van der Waals surface area contributed by atoms with Gasteiger partial charge in [0, 0.05) is 38.1 Å². The monoisotopic (exact) mass is 763 g/mol. The van der Waals surface area contributed by atoms with E-state index in [-0.39, 0.29) is 37.8 Å². The third kappa shape index (κ3) is 9.40. The summed E-state index contributed by atoms with van der Waals surface area (Å²) in [6, 6.07) is 8.45. The van der Waals surface area contributed by atoms with Crippen LogP contribution in [0.5, 0.6) is 0 Å². The van der Waals surface area contributed by atoms with Crippen LogP contribution >= 0.6 is 0 Å². The summed E-state index contributed by atoms with van der Waals surface area (Å²) in [4.78, 5) is 46.1. The van der Waals surface area contributed by atoms with Gasteiger partial charge in [0.25, 0.3) is 0 Å². The molecule has 53 heavy (non-hydrogen) atoms. The van der Waals surface area contributed by atoms with E-state index >= 15 is 0 Å². The molecule has 3 saturated heterocycles. The summed E-state index contributed by atoms with van der Waals surface area (Å²) in [7, 11) is 3.76. The van der Waals surface area contributed by atoms with Gasteiger partial charge in [0.2, 0.25) is 10.0 Å². The van der Waals surface area contributed by atoms with Gasteiger partial charge in [-0.2, -0.15) is 4.31 Å². The Balaban J connectivity index is 1.73. The molecule has 1 aromatic carbocycles. The van der Waals surface area contributed by atoms with E-state index in [1.165, 1.54) is 4.31 Å². The number of ether oxygens (including phenoxy) is 5. The van der Waals surface area contributed by atoms with Gasteiger partial charge in [0.1, 0.15) is 12.0 Å². The summed E-state index contributed by atoms with van der Waals surface area (Å²) in [6.45, 7) is 15.2. The van der Waals surface area contributed by atoms with Crippen molar-refractivity contribution in [2.75, 3.05) is 54.5 Å². The van der Waals surface area contributed by atoms with E-state index in [2.05, 4.69) is 18.4 Å². The number of carbonyl (C=O) groups excluding carboxylic acids is 3. The number of likely N-dealkylation sites (N-methyl/N-ethyl adjacent to an activating group) is 2. The van der Waals surface area contributed by atoms with Crippen molar-refractivity contribution < 1.29 is 46.5 Å². The van der Waals surface area contributed by atoms with Gasteiger partial charge in [-0.1, -0.05) is 38.6 Å². The van der Waals surface area contributed by atoms with Crippen LogP contribution < -0.4 is 0 Å². The number of sulfonamides is 1. The maximum absolute atomic E-state index is 14.6. The van der Waals surface area contributed by atoms with Crippen LogP contribution in [0.25, 0.3) is 0 Å². The number of nitrogens with zero attached hydrogens (tertiary/aromatic N) is 3. The first kappa shape index (κ1) is 43.0. The Morgan fingerprint density at radius 1 is 1.06 bits per heavy atom. The molecule has 13 nitrogen and oxygen atoms in total. The molecule has 3 fully saturated rings. The number of methoxy groups -OCH3 is 1. The van der Waals surface area contributed by atoms with Crippen molar-refractivity contribution in [3.05, 3.63) is 47.9 Å². The van der Waals surface area contributed by atoms with Crippen molar-refractivity contribution in [1.82, 2.24) is 14.1 Å². The molecule has 0 N–H and O–H groups in total. The first-order valence-electron chi connectivity index (χ1n) is 18.5. The number of hydrogen-bond acceptors (Lipinski definition) is 12. The Hall–Kier alpha value is -2.72. The second-order valence-corrected chi connectivity index (χ2v) is 18.1. The minimum atomic E-state index is -3.61. The molecule has 0 amide bonds. The molecule has 0 unspecified atom stereocenters. The van der Waals surface area contributed by atoms with Gasteiger partial charge in [-0.3, -0.25) is 14.5 Å². The Morgan fingerprint density at radius 3 is 2.25 bits per heavy atom. The number of benzene rings is 1. The van der Waals surface area contributed by atoms with Crippen molar-refractivity contribution in [3.8, 4) is 0 Å². The summed E-state index contributed by atoms with van der Waals surface area (Å²) in [5.74, 6) is -2.52. The number of ketones is 1. The molecule has 298 valence electrons. The van der Waals surface area contributed by atoms with Crippen LogP contribution in [0.1, 0.15) is 77.6 Å². The average molecular weight is 764 g/mol. The molecular formula is C39H61N3O10S. The van der Waals surface area contributed by atoms with Crippen molar-refractivity contribution in [2.45, 2.75) is 109 Å². The normalized spacial score (nSPS) is 33.7. The van der Waals surface area contributed by atoms with Crippen molar-refractivity contribution >= 4 is 27.7 Å². The summed E-state index contributed by atoms with van der Waals surface area (Å²) < 4.78 is 58.4. The van der Waals surface area contributed by atoms with Crippen LogP contribution in [-0.2, 0) is 43.3 Å². The summed E-state index contributed by atoms with van der Waals surface area (Å²) in [6.07, 6.45) is -1.29. The zero-order valence-electron chi connectivity index (χ0n) is 33.2. The fourth-order valence-electron chi connectivity index (χ4n) is 8.29. The quantitative estimate of drug-likeness (QED) is 0.278. The standard InChI is InChI=1S/C39H61N3O10S/c1-12-53(46,47)42-20-18-39(19-21-42)25-49-36(45)37(5,6)32(43)28(4)33(38(7,48-11)23-26(2)24-41(39)10)52-35-31(30(40(8)9)22-27(3)50-35)51-34(44)29-16-14-13-15-17-29/h12-17,26-28,30-31,33,35H,1,18-25H2,2-11H3/t26-,27-,28+,30+,31-,33-,35+,38-/m1/s1. The second kappa shape index (κ2) is 17.0. The Kier molecular flexibility index (Phi) is 13.8. The maximum Gasteiger partial charge on any atom is 0.338 e. The number of rotatable bonds is 8. The maximum atomic E-state index is 14.6. The van der Waals surface area contributed by atoms with Crippen molar-refractivity contribution in [2.24, 2.45) is 17.3 Å². The molecule has 14 heteroatoms. The molecule has 0 aromatic heterocycles. The molecule has 8 atom stereocenters. The number of cyclic esters (lactones) is 1. The van der Waals surface area contributed by atoms with E-state index in [1.807, 2.05) is 46.0 Å². The Labute approximate surface area is 316 Å². The summed E-state index contributed by atoms with van der Waals surface area (Å²) in [5, 5.41) is 0.954. The summed E-state index contributed by atoms with van der Waals surface area (Å²) >= 11 is 0. The van der Waals surface area contributed by atoms with Gasteiger partial charge >= 0.3 is 11.9 Å². The number of piperidine rings is 1.